The summed E-state index contributed by atoms with van der Waals surface area (Å²) >= 11 is 2.13. The Morgan fingerprint density at radius 2 is 2.29 bits per heavy atom. The fraction of sp³-hybridized carbons (Fsp3) is 0.857. The molecule has 5 atom stereocenters. The van der Waals surface area contributed by atoms with Crippen LogP contribution in [-0.4, -0.2) is 35.4 Å². The number of nitriles is 1. The van der Waals surface area contributed by atoms with Gasteiger partial charge in [-0.05, 0) is 0 Å². The Labute approximate surface area is 94.6 Å². The number of rotatable bonds is 0. The van der Waals surface area contributed by atoms with Crippen LogP contribution in [0.15, 0.2) is 0 Å². The normalized spacial score (nSPS) is 57.4. The second-order valence-corrected chi connectivity index (χ2v) is 7.03. The summed E-state index contributed by atoms with van der Waals surface area (Å²) in [5.41, 5.74) is 0. The van der Waals surface area contributed by atoms with Gasteiger partial charge in [-0.3, -0.25) is 4.18 Å². The number of ether oxygens (including phenoxy) is 1. The summed E-state index contributed by atoms with van der Waals surface area (Å²) < 4.78 is 32.3. The van der Waals surface area contributed by atoms with Crippen LogP contribution in [0.2, 0.25) is 0 Å². The Balaban J connectivity index is 2.22. The van der Waals surface area contributed by atoms with Crippen LogP contribution in [-0.2, 0) is 19.0 Å². The zero-order valence-corrected chi connectivity index (χ0v) is 9.86. The predicted octanol–water partition coefficient (Wildman–Crippen LogP) is -0.0479. The molecule has 3 aliphatic rings. The van der Waals surface area contributed by atoms with Crippen molar-refractivity contribution in [1.29, 1.82) is 5.26 Å². The second kappa shape index (κ2) is 2.42. The lowest BCUT2D eigenvalue weighted by Gasteiger charge is -2.20. The van der Waals surface area contributed by atoms with E-state index in [0.29, 0.717) is 0 Å². The molecule has 0 aliphatic carbocycles. The van der Waals surface area contributed by atoms with E-state index in [9.17, 15) is 8.42 Å². The van der Waals surface area contributed by atoms with Gasteiger partial charge in [0.15, 0.2) is 0 Å². The average Bonchev–Trinajstić information content (AvgIpc) is 2.67. The third-order valence-electron chi connectivity index (χ3n) is 3.13. The van der Waals surface area contributed by atoms with Crippen molar-refractivity contribution in [2.45, 2.75) is 33.4 Å². The van der Waals surface area contributed by atoms with Crippen LogP contribution < -0.4 is 0 Å². The lowest BCUT2D eigenvalue weighted by atomic mass is 9.87. The highest BCUT2D eigenvalue weighted by atomic mass is 127. The SMILES string of the molecule is N#CC12CC3OC1C(OS2(=O)=O)C3I. The van der Waals surface area contributed by atoms with Gasteiger partial charge in [0.25, 0.3) is 10.1 Å². The number of nitrogens with zero attached hydrogens (tertiary/aromatic N) is 1. The number of fused-ring (bicyclic) bond motifs is 1. The predicted molar refractivity (Wildman–Crippen MR) is 53.2 cm³/mol. The Morgan fingerprint density at radius 1 is 1.57 bits per heavy atom. The Hall–Kier alpha value is 0.0900. The van der Waals surface area contributed by atoms with Gasteiger partial charge in [-0.25, -0.2) is 0 Å². The first kappa shape index (κ1) is 9.33. The van der Waals surface area contributed by atoms with E-state index in [2.05, 4.69) is 22.6 Å². The first-order valence-corrected chi connectivity index (χ1v) is 6.81. The summed E-state index contributed by atoms with van der Waals surface area (Å²) in [5, 5.41) is 9.00. The molecule has 0 radical (unpaired) electrons. The molecular weight excluding hydrogens is 321 g/mol. The van der Waals surface area contributed by atoms with Crippen LogP contribution in [0.1, 0.15) is 6.42 Å². The molecule has 0 aromatic carbocycles. The van der Waals surface area contributed by atoms with E-state index in [1.807, 2.05) is 6.07 Å². The first-order valence-electron chi connectivity index (χ1n) is 4.15. The molecule has 0 N–H and O–H groups in total. The summed E-state index contributed by atoms with van der Waals surface area (Å²) in [4.78, 5) is 0. The fourth-order valence-electron chi connectivity index (χ4n) is 2.42. The standard InChI is InChI=1S/C7H6INO4S/c8-4-3-1-7(2-9)6(12-3)5(4)13-14(7,10)11/h3-6H,1H2. The lowest BCUT2D eigenvalue weighted by Crippen LogP contribution is -2.45. The van der Waals surface area contributed by atoms with E-state index in [0.717, 1.165) is 0 Å². The minimum Gasteiger partial charge on any atom is -0.368 e. The molecule has 0 aromatic heterocycles. The molecule has 2 bridgehead atoms. The molecule has 76 valence electrons. The monoisotopic (exact) mass is 327 g/mol. The molecule has 0 aromatic rings. The molecule has 3 rings (SSSR count). The molecule has 5 nitrogen and oxygen atoms in total. The van der Waals surface area contributed by atoms with Crippen molar-refractivity contribution in [3.05, 3.63) is 0 Å². The molecule has 7 heteroatoms. The van der Waals surface area contributed by atoms with Crippen LogP contribution >= 0.6 is 22.6 Å². The number of hydrogen-bond donors (Lipinski definition) is 0. The molecule has 14 heavy (non-hydrogen) atoms. The maximum atomic E-state index is 11.7. The third-order valence-corrected chi connectivity index (χ3v) is 6.50. The maximum Gasteiger partial charge on any atom is 0.290 e. The van der Waals surface area contributed by atoms with E-state index >= 15 is 0 Å². The topological polar surface area (TPSA) is 76.4 Å². The van der Waals surface area contributed by atoms with Crippen LogP contribution in [0, 0.1) is 11.3 Å². The van der Waals surface area contributed by atoms with E-state index in [1.165, 1.54) is 0 Å². The van der Waals surface area contributed by atoms with Crippen LogP contribution in [0.3, 0.4) is 0 Å². The highest BCUT2D eigenvalue weighted by Gasteiger charge is 2.74. The number of hydrogen-bond acceptors (Lipinski definition) is 5. The molecule has 3 saturated heterocycles. The van der Waals surface area contributed by atoms with Gasteiger partial charge in [-0.1, -0.05) is 22.6 Å². The molecule has 0 spiro atoms. The molecule has 5 unspecified atom stereocenters. The minimum absolute atomic E-state index is 0.0383. The van der Waals surface area contributed by atoms with Gasteiger partial charge in [0.05, 0.1) is 16.1 Å². The van der Waals surface area contributed by atoms with Crippen molar-refractivity contribution < 1.29 is 17.3 Å². The molecular formula is C7H6INO4S. The summed E-state index contributed by atoms with van der Waals surface area (Å²) in [5.74, 6) is 0. The van der Waals surface area contributed by atoms with Gasteiger partial charge in [-0.15, -0.1) is 0 Å². The second-order valence-electron chi connectivity index (χ2n) is 3.76. The van der Waals surface area contributed by atoms with Gasteiger partial charge in [0, 0.05) is 6.42 Å². The molecule has 0 saturated carbocycles. The smallest absolute Gasteiger partial charge is 0.290 e. The molecule has 3 fully saturated rings. The average molecular weight is 327 g/mol. The van der Waals surface area contributed by atoms with Crippen molar-refractivity contribution in [3.8, 4) is 6.07 Å². The van der Waals surface area contributed by atoms with Crippen molar-refractivity contribution in [2.75, 3.05) is 0 Å². The summed E-state index contributed by atoms with van der Waals surface area (Å²) in [6.07, 6.45) is -0.938. The fourth-order valence-corrected chi connectivity index (χ4v) is 5.20. The highest BCUT2D eigenvalue weighted by molar-refractivity contribution is 14.1. The third kappa shape index (κ3) is 0.765. The van der Waals surface area contributed by atoms with Crippen LogP contribution in [0.5, 0.6) is 0 Å². The van der Waals surface area contributed by atoms with Crippen molar-refractivity contribution in [3.63, 3.8) is 0 Å². The van der Waals surface area contributed by atoms with Gasteiger partial charge < -0.3 is 4.74 Å². The maximum absolute atomic E-state index is 11.7. The summed E-state index contributed by atoms with van der Waals surface area (Å²) in [7, 11) is -3.77. The minimum atomic E-state index is -3.77. The lowest BCUT2D eigenvalue weighted by molar-refractivity contribution is 0.0794. The van der Waals surface area contributed by atoms with Gasteiger partial charge in [0.1, 0.15) is 12.2 Å². The Bertz CT molecular complexity index is 443. The Morgan fingerprint density at radius 3 is 2.86 bits per heavy atom. The number of halogens is 1. The van der Waals surface area contributed by atoms with E-state index < -0.39 is 27.1 Å². The summed E-state index contributed by atoms with van der Waals surface area (Å²) in [6.45, 7) is 0. The molecule has 0 amide bonds. The first-order chi connectivity index (χ1) is 6.52. The van der Waals surface area contributed by atoms with Crippen LogP contribution in [0.25, 0.3) is 0 Å². The molecule has 3 aliphatic heterocycles. The largest absolute Gasteiger partial charge is 0.368 e. The summed E-state index contributed by atoms with van der Waals surface area (Å²) in [6, 6.07) is 1.87. The number of alkyl halides is 1. The quantitative estimate of drug-likeness (QED) is 0.354. The van der Waals surface area contributed by atoms with Gasteiger partial charge in [-0.2, -0.15) is 13.7 Å². The zero-order chi connectivity index (χ0) is 10.1. The van der Waals surface area contributed by atoms with Crippen molar-refractivity contribution >= 4 is 32.7 Å². The van der Waals surface area contributed by atoms with E-state index in [1.54, 1.807) is 0 Å². The Kier molecular flexibility index (Phi) is 1.62. The van der Waals surface area contributed by atoms with E-state index in [4.69, 9.17) is 14.2 Å². The van der Waals surface area contributed by atoms with Crippen LogP contribution in [0.4, 0.5) is 0 Å². The zero-order valence-electron chi connectivity index (χ0n) is 6.88. The molecule has 3 heterocycles. The highest BCUT2D eigenvalue weighted by Crippen LogP contribution is 2.55. The van der Waals surface area contributed by atoms with Crippen molar-refractivity contribution in [1.82, 2.24) is 0 Å². The van der Waals surface area contributed by atoms with Gasteiger partial charge >= 0.3 is 0 Å². The van der Waals surface area contributed by atoms with E-state index in [-0.39, 0.29) is 16.4 Å². The van der Waals surface area contributed by atoms with Gasteiger partial charge in [0.2, 0.25) is 4.75 Å². The van der Waals surface area contributed by atoms with Crippen molar-refractivity contribution in [2.24, 2.45) is 0 Å².